The van der Waals surface area contributed by atoms with Crippen molar-refractivity contribution in [3.63, 3.8) is 0 Å². The number of amides is 6. The van der Waals surface area contributed by atoms with Crippen LogP contribution in [0.1, 0.15) is 116 Å². The molecule has 84 heavy (non-hydrogen) atoms. The van der Waals surface area contributed by atoms with Crippen LogP contribution in [0, 0.1) is 12.8 Å². The van der Waals surface area contributed by atoms with Crippen LogP contribution in [0.3, 0.4) is 0 Å². The number of benzene rings is 2. The van der Waals surface area contributed by atoms with Crippen LogP contribution in [0.2, 0.25) is 5.02 Å². The maximum Gasteiger partial charge on any atom is 0.409 e. The zero-order valence-corrected chi connectivity index (χ0v) is 51.9. The number of hydrazone groups is 1. The van der Waals surface area contributed by atoms with E-state index in [2.05, 4.69) is 15.8 Å². The highest BCUT2D eigenvalue weighted by molar-refractivity contribution is 8.77. The average molecular weight is 1250 g/mol. The van der Waals surface area contributed by atoms with Gasteiger partial charge < -0.3 is 43.4 Å². The number of aliphatic hydroxyl groups is 1. The summed E-state index contributed by atoms with van der Waals surface area (Å²) in [5.41, 5.74) is 3.02. The summed E-state index contributed by atoms with van der Waals surface area (Å²) in [4.78, 5) is 112. The third-order valence-electron chi connectivity index (χ3n) is 15.3. The van der Waals surface area contributed by atoms with Gasteiger partial charge in [-0.1, -0.05) is 70.0 Å². The molecular formula is C57H73ClN6O17S3. The second kappa shape index (κ2) is 27.1. The Labute approximate surface area is 501 Å². The minimum Gasteiger partial charge on any atom is -0.494 e. The van der Waals surface area contributed by atoms with Gasteiger partial charge in [-0.15, -0.1) is 5.06 Å². The number of hydrogen-bond donors (Lipinski definition) is 3. The number of carbonyl (C=O) groups is 8. The molecule has 2 aromatic rings. The number of hydrogen-bond acceptors (Lipinski definition) is 20. The third kappa shape index (κ3) is 15.9. The first-order valence-electron chi connectivity index (χ1n) is 27.5. The number of epoxide rings is 1. The van der Waals surface area contributed by atoms with Crippen molar-refractivity contribution >= 4 is 102 Å². The van der Waals surface area contributed by atoms with E-state index in [0.717, 1.165) is 16.7 Å². The summed E-state index contributed by atoms with van der Waals surface area (Å²) in [5, 5.41) is 19.5. The number of fused-ring (bicyclic) bond motifs is 6. The zero-order valence-electron chi connectivity index (χ0n) is 48.6. The molecule has 5 aliphatic heterocycles. The number of hydroxylamine groups is 2. The quantitative estimate of drug-likeness (QED) is 0.0373. The molecule has 458 valence electrons. The standard InChI is InChI=1S/C57H73ClN6O17S3/c1-32-13-11-14-43(76-10)57(73)30-41(78-54(72)59-57)34(3)52-56(7,80-52)44(29-49(69)63(9)40-27-36(25-32)26-33(2)51(40)58)79-53(71)35(4)62(8)46(66)20-23-82-83-55(5,6)31-45(65)61-60-39-21-24-84(74,75)42-28-37(16-17-38(39)42)77-22-12-15-50(70)81-64-47(67)18-19-48(64)68/h11,13-14,16-17,26-28,34-35,41,43-44,52,73H,12,15,18-25,29-31H2,1-10H3,(H,59,72)(H,61,65)/b14-11+,32-13+,60-39+/t34-,35+,41+,43-,44+,52+,56+,57+/m1/s1. The predicted molar refractivity (Wildman–Crippen MR) is 312 cm³/mol. The van der Waals surface area contributed by atoms with Crippen LogP contribution in [0.5, 0.6) is 5.75 Å². The minimum absolute atomic E-state index is 0.00281. The predicted octanol–water partition coefficient (Wildman–Crippen LogP) is 6.22. The molecule has 3 N–H and O–H groups in total. The number of nitrogens with zero attached hydrogens (tertiary/aromatic N) is 4. The summed E-state index contributed by atoms with van der Waals surface area (Å²) in [6, 6.07) is 7.06. The van der Waals surface area contributed by atoms with E-state index in [0.29, 0.717) is 39.2 Å². The van der Waals surface area contributed by atoms with Crippen molar-refractivity contribution in [2.45, 2.75) is 164 Å². The lowest BCUT2D eigenvalue weighted by molar-refractivity contribution is -0.197. The van der Waals surface area contributed by atoms with E-state index in [9.17, 15) is 51.9 Å². The lowest BCUT2D eigenvalue weighted by Gasteiger charge is -2.42. The molecule has 0 unspecified atom stereocenters. The number of alkyl carbamates (subject to hydrolysis) is 1. The van der Waals surface area contributed by atoms with Gasteiger partial charge in [0.05, 0.1) is 52.6 Å². The highest BCUT2D eigenvalue weighted by Gasteiger charge is 2.64. The van der Waals surface area contributed by atoms with Crippen LogP contribution in [0.25, 0.3) is 0 Å². The van der Waals surface area contributed by atoms with Gasteiger partial charge in [0.15, 0.2) is 15.6 Å². The molecule has 0 spiro atoms. The van der Waals surface area contributed by atoms with Gasteiger partial charge in [-0.05, 0) is 89.8 Å². The van der Waals surface area contributed by atoms with E-state index in [4.69, 9.17) is 40.1 Å². The molecule has 0 aromatic heterocycles. The van der Waals surface area contributed by atoms with Crippen LogP contribution >= 0.6 is 33.2 Å². The summed E-state index contributed by atoms with van der Waals surface area (Å²) in [5.74, 6) is -4.36. The van der Waals surface area contributed by atoms with Crippen LogP contribution in [0.15, 0.2) is 64.1 Å². The number of halogens is 1. The SMILES string of the molecule is CO[C@@H]1/C=C/C=C(\C)Cc2cc(C)c(Cl)c(c2)N(C)C(=O)C[C@H](OC(=O)[C@H](C)N(C)C(=O)CCSSC(C)(C)CC(=O)N/N=C2\CCS(=O)(=O)c3cc(OCCCC(=O)ON4C(=O)CCC4=O)ccc32)[C@]2(C)O[C@H]2[C@H](C)[C@@H]2C[C@@]1(O)NC(=O)O2. The van der Waals surface area contributed by atoms with Crippen molar-refractivity contribution in [3.05, 3.63) is 75.8 Å². The number of carbonyl (C=O) groups excluding carboxylic acids is 8. The summed E-state index contributed by atoms with van der Waals surface area (Å²) >= 11 is 6.84. The molecule has 6 amide bonds. The van der Waals surface area contributed by atoms with Crippen molar-refractivity contribution in [1.29, 1.82) is 0 Å². The molecule has 8 atom stereocenters. The number of nitrogens with one attached hydrogen (secondary N) is 2. The van der Waals surface area contributed by atoms with Gasteiger partial charge >= 0.3 is 18.0 Å². The van der Waals surface area contributed by atoms with Crippen molar-refractivity contribution in [3.8, 4) is 5.75 Å². The number of rotatable bonds is 18. The molecule has 0 saturated carbocycles. The van der Waals surface area contributed by atoms with E-state index in [-0.39, 0.29) is 86.7 Å². The van der Waals surface area contributed by atoms with Gasteiger partial charge in [-0.3, -0.25) is 29.3 Å². The molecular weight excluding hydrogens is 1170 g/mol. The van der Waals surface area contributed by atoms with Crippen molar-refractivity contribution in [1.82, 2.24) is 20.7 Å². The van der Waals surface area contributed by atoms with Gasteiger partial charge in [0, 0.05) is 81.7 Å². The average Bonchev–Trinajstić information content (AvgIpc) is 1.71. The Bertz CT molecular complexity index is 3120. The molecule has 3 saturated heterocycles. The van der Waals surface area contributed by atoms with Crippen LogP contribution in [-0.4, -0.2) is 163 Å². The number of allylic oxidation sites excluding steroid dienone is 3. The summed E-state index contributed by atoms with van der Waals surface area (Å²) in [6.45, 7) is 12.4. The Morgan fingerprint density at radius 1 is 1.06 bits per heavy atom. The smallest absolute Gasteiger partial charge is 0.409 e. The Hall–Kier alpha value is -6.03. The maximum atomic E-state index is 14.4. The van der Waals surface area contributed by atoms with Crippen molar-refractivity contribution in [2.24, 2.45) is 11.0 Å². The lowest BCUT2D eigenvalue weighted by atomic mass is 9.83. The van der Waals surface area contributed by atoms with E-state index in [1.54, 1.807) is 39.1 Å². The monoisotopic (exact) mass is 1240 g/mol. The van der Waals surface area contributed by atoms with Gasteiger partial charge in [0.25, 0.3) is 11.8 Å². The van der Waals surface area contributed by atoms with E-state index < -0.39 is 104 Å². The molecule has 3 fully saturated rings. The summed E-state index contributed by atoms with van der Waals surface area (Å²) in [6.07, 6.45) is 0.590. The van der Waals surface area contributed by atoms with Crippen LogP contribution < -0.4 is 20.4 Å². The molecule has 5 heterocycles. The van der Waals surface area contributed by atoms with E-state index in [1.165, 1.54) is 64.6 Å². The fourth-order valence-corrected chi connectivity index (χ4v) is 14.5. The molecule has 0 aliphatic carbocycles. The second-order valence-electron chi connectivity index (χ2n) is 22.4. The molecule has 7 rings (SSSR count). The topological polar surface area (TPSA) is 296 Å². The number of likely N-dealkylation sites (N-methyl/N-ethyl adjacent to an activating group) is 1. The Kier molecular flexibility index (Phi) is 21.2. The highest BCUT2D eigenvalue weighted by atomic mass is 35.5. The number of methoxy groups -OCH3 is 1. The van der Waals surface area contributed by atoms with Gasteiger partial charge in [0.2, 0.25) is 17.7 Å². The lowest BCUT2D eigenvalue weighted by Crippen LogP contribution is -2.63. The third-order valence-corrected chi connectivity index (χ3v) is 20.8. The first-order chi connectivity index (χ1) is 39.4. The number of ether oxygens (including phenoxy) is 5. The highest BCUT2D eigenvalue weighted by Crippen LogP contribution is 2.49. The van der Waals surface area contributed by atoms with Gasteiger partial charge in [-0.25, -0.2) is 28.2 Å². The van der Waals surface area contributed by atoms with Gasteiger partial charge in [0.1, 0.15) is 35.7 Å². The van der Waals surface area contributed by atoms with Crippen LogP contribution in [-0.2, 0) is 73.6 Å². The largest absolute Gasteiger partial charge is 0.494 e. The fraction of sp³-hybridized carbons (Fsp3) is 0.561. The first kappa shape index (κ1) is 65.5. The maximum absolute atomic E-state index is 14.4. The number of aryl methyl sites for hydroxylation is 1. The number of sulfone groups is 1. The van der Waals surface area contributed by atoms with Gasteiger partial charge in [-0.2, -0.15) is 5.10 Å². The van der Waals surface area contributed by atoms with Crippen LogP contribution in [0.4, 0.5) is 10.5 Å². The van der Waals surface area contributed by atoms with E-state index >= 15 is 0 Å². The summed E-state index contributed by atoms with van der Waals surface area (Å²) < 4.78 is 55.2. The zero-order chi connectivity index (χ0) is 61.6. The minimum atomic E-state index is -3.73. The Morgan fingerprint density at radius 3 is 2.48 bits per heavy atom. The van der Waals surface area contributed by atoms with Crippen molar-refractivity contribution < 1.29 is 80.4 Å². The molecule has 23 nitrogen and oxygen atoms in total. The first-order valence-corrected chi connectivity index (χ1v) is 31.8. The number of anilines is 1. The number of esters is 1. The van der Waals surface area contributed by atoms with Crippen molar-refractivity contribution in [2.75, 3.05) is 44.2 Å². The second-order valence-corrected chi connectivity index (χ2v) is 28.0. The molecule has 27 heteroatoms. The molecule has 5 aliphatic rings. The summed E-state index contributed by atoms with van der Waals surface area (Å²) in [7, 11) is 3.48. The Balaban J connectivity index is 0.930. The Morgan fingerprint density at radius 2 is 1.77 bits per heavy atom. The fourth-order valence-electron chi connectivity index (χ4n) is 10.2. The van der Waals surface area contributed by atoms with E-state index in [1.807, 2.05) is 45.9 Å². The molecule has 4 bridgehead atoms. The molecule has 2 aromatic carbocycles. The number of imide groups is 1. The molecule has 0 radical (unpaired) electrons. The normalized spacial score (nSPS) is 27.0.